The first-order valence-corrected chi connectivity index (χ1v) is 43.3. The summed E-state index contributed by atoms with van der Waals surface area (Å²) in [6.07, 6.45) is 15.7. The zero-order chi connectivity index (χ0) is 81.8. The maximum absolute atomic E-state index is 2.49. The van der Waals surface area contributed by atoms with Crippen molar-refractivity contribution in [1.82, 2.24) is 29.4 Å². The van der Waals surface area contributed by atoms with Gasteiger partial charge in [0.05, 0.1) is 0 Å². The molecule has 0 aliphatic heterocycles. The highest BCUT2D eigenvalue weighted by molar-refractivity contribution is 5.41. The van der Waals surface area contributed by atoms with Gasteiger partial charge in [0.2, 0.25) is 0 Å². The summed E-state index contributed by atoms with van der Waals surface area (Å²) in [7, 11) is 12.7. The molecule has 0 saturated heterocycles. The third-order valence-corrected chi connectivity index (χ3v) is 16.8. The van der Waals surface area contributed by atoms with Crippen molar-refractivity contribution in [3.05, 3.63) is 210 Å². The molecule has 0 atom stereocenters. The lowest BCUT2D eigenvalue weighted by Crippen LogP contribution is -2.22. The lowest BCUT2D eigenvalue weighted by Gasteiger charge is -2.19. The average molecular weight is 1440 g/mol. The van der Waals surface area contributed by atoms with E-state index in [2.05, 4.69) is 248 Å². The fraction of sp³-hybridized carbons (Fsp3) is 0.633. The number of fused-ring (bicyclic) bond motifs is 4. The molecular formula is C98H182N6. The van der Waals surface area contributed by atoms with E-state index in [1.165, 1.54) is 110 Å². The molecule has 0 spiro atoms. The van der Waals surface area contributed by atoms with E-state index in [-0.39, 0.29) is 0 Å². The molecule has 6 nitrogen and oxygen atoms in total. The molecule has 6 aromatic carbocycles. The van der Waals surface area contributed by atoms with E-state index in [1.54, 1.807) is 55.6 Å². The summed E-state index contributed by atoms with van der Waals surface area (Å²) in [5.41, 5.74) is 24.7. The molecule has 104 heavy (non-hydrogen) atoms. The van der Waals surface area contributed by atoms with Gasteiger partial charge in [-0.05, 0) is 261 Å². The van der Waals surface area contributed by atoms with Crippen LogP contribution in [0.15, 0.2) is 121 Å². The predicted molar refractivity (Wildman–Crippen MR) is 484 cm³/mol. The Kier molecular flexibility index (Phi) is 92.5. The topological polar surface area (TPSA) is 19.4 Å². The zero-order valence-corrected chi connectivity index (χ0v) is 77.2. The van der Waals surface area contributed by atoms with E-state index >= 15 is 0 Å². The molecule has 10 rings (SSSR count). The number of hydrogen-bond acceptors (Lipinski definition) is 6. The van der Waals surface area contributed by atoms with E-state index in [1.807, 2.05) is 166 Å². The van der Waals surface area contributed by atoms with Gasteiger partial charge in [0.15, 0.2) is 0 Å². The van der Waals surface area contributed by atoms with Gasteiger partial charge in [-0.2, -0.15) is 0 Å². The maximum atomic E-state index is 2.49. The van der Waals surface area contributed by atoms with Crippen LogP contribution in [-0.2, 0) is 90.6 Å². The van der Waals surface area contributed by atoms with Gasteiger partial charge in [-0.25, -0.2) is 0 Å². The Hall–Kier alpha value is -4.92. The molecule has 0 heterocycles. The molecule has 0 unspecified atom stereocenters. The van der Waals surface area contributed by atoms with Crippen LogP contribution >= 0.6 is 0 Å². The standard InChI is InChI=1S/2C14H21N.2C12H17N.C12H19N.C10H15N.12C2H6/c2*1-3-15(4-2)11-13-9-5-7-12-8-6-10-14(12)13;2*1-13(2)9-11-7-3-5-10-6-4-8-12(10)11;1-4-13(5-2)10-12-9-7-6-8-11(12)3;1-9-6-4-5-7-10(9)8-11(2)3;12*1-2/h2*5,7,9H,3-4,6,8,10-11H2,1-2H3;2*3,5,7H,4,6,8-9H2,1-2H3;6-9H,4-5,10H2,1-3H3;4-7H,8H2,1-3H3;12*1-2H3. The summed E-state index contributed by atoms with van der Waals surface area (Å²) in [6, 6.07) is 44.3. The Morgan fingerprint density at radius 3 is 0.587 bits per heavy atom. The van der Waals surface area contributed by atoms with Crippen molar-refractivity contribution in [1.29, 1.82) is 0 Å². The van der Waals surface area contributed by atoms with Crippen LogP contribution in [0, 0.1) is 13.8 Å². The van der Waals surface area contributed by atoms with Gasteiger partial charge in [-0.3, -0.25) is 14.7 Å². The van der Waals surface area contributed by atoms with Crippen molar-refractivity contribution >= 4 is 0 Å². The molecule has 0 bridgehead atoms. The number of rotatable bonds is 18. The average Bonchev–Trinajstić information content (AvgIpc) is 1.71. The molecule has 0 N–H and O–H groups in total. The van der Waals surface area contributed by atoms with E-state index in [0.29, 0.717) is 0 Å². The van der Waals surface area contributed by atoms with E-state index in [4.69, 9.17) is 0 Å². The molecule has 0 amide bonds. The zero-order valence-electron chi connectivity index (χ0n) is 77.2. The second-order valence-electron chi connectivity index (χ2n) is 23.6. The largest absolute Gasteiger partial charge is 0.305 e. The quantitative estimate of drug-likeness (QED) is 0.0848. The summed E-state index contributed by atoms with van der Waals surface area (Å²) in [6.45, 7) is 79.2. The van der Waals surface area contributed by atoms with Gasteiger partial charge in [0, 0.05) is 39.3 Å². The monoisotopic (exact) mass is 1440 g/mol. The highest BCUT2D eigenvalue weighted by Crippen LogP contribution is 2.29. The number of hydrogen-bond donors (Lipinski definition) is 0. The highest BCUT2D eigenvalue weighted by Gasteiger charge is 2.18. The maximum Gasteiger partial charge on any atom is 0.0236 e. The van der Waals surface area contributed by atoms with Crippen LogP contribution in [0.2, 0.25) is 0 Å². The summed E-state index contributed by atoms with van der Waals surface area (Å²) in [4.78, 5) is 14.1. The van der Waals surface area contributed by atoms with Crippen LogP contribution in [0.3, 0.4) is 0 Å². The minimum atomic E-state index is 1.03. The molecule has 6 aromatic rings. The van der Waals surface area contributed by atoms with E-state index < -0.39 is 0 Å². The fourth-order valence-electron chi connectivity index (χ4n) is 12.0. The van der Waals surface area contributed by atoms with Gasteiger partial charge in [0.1, 0.15) is 0 Å². The van der Waals surface area contributed by atoms with Crippen LogP contribution in [0.25, 0.3) is 0 Å². The summed E-state index contributed by atoms with van der Waals surface area (Å²) < 4.78 is 0. The fourth-order valence-corrected chi connectivity index (χ4v) is 12.0. The Bertz CT molecular complexity index is 2560. The molecule has 604 valence electrons. The van der Waals surface area contributed by atoms with Crippen LogP contribution < -0.4 is 0 Å². The first kappa shape index (κ1) is 115. The Labute approximate surface area is 655 Å². The van der Waals surface area contributed by atoms with Crippen LogP contribution in [0.4, 0.5) is 0 Å². The van der Waals surface area contributed by atoms with Crippen molar-refractivity contribution in [3.63, 3.8) is 0 Å². The lowest BCUT2D eigenvalue weighted by atomic mass is 10.0. The molecule has 0 radical (unpaired) electrons. The van der Waals surface area contributed by atoms with Crippen molar-refractivity contribution < 1.29 is 0 Å². The van der Waals surface area contributed by atoms with Crippen LogP contribution in [0.1, 0.15) is 322 Å². The molecule has 6 heteroatoms. The Morgan fingerprint density at radius 1 is 0.212 bits per heavy atom. The Morgan fingerprint density at radius 2 is 0.385 bits per heavy atom. The molecular weight excluding hydrogens is 1260 g/mol. The summed E-state index contributed by atoms with van der Waals surface area (Å²) in [5.74, 6) is 0. The normalized spacial score (nSPS) is 11.1. The predicted octanol–water partition coefficient (Wildman–Crippen LogP) is 27.7. The molecule has 0 fully saturated rings. The SMILES string of the molecule is CC.CC.CC.CC.CC.CC.CC.CC.CC.CC.CC.CC.CCN(CC)Cc1cccc2c1CCC2.CCN(CC)Cc1cccc2c1CCC2.CCN(CC)Cc1ccccc1C.CN(C)Cc1cccc2c1CCC2.CN(C)Cc1cccc2c1CCC2.Cc1ccccc1CN(C)C. The smallest absolute Gasteiger partial charge is 0.0236 e. The van der Waals surface area contributed by atoms with Gasteiger partial charge >= 0.3 is 0 Å². The van der Waals surface area contributed by atoms with Gasteiger partial charge < -0.3 is 14.7 Å². The first-order valence-electron chi connectivity index (χ1n) is 43.3. The second kappa shape index (κ2) is 83.7. The molecule has 4 aliphatic rings. The third kappa shape index (κ3) is 50.6. The third-order valence-electron chi connectivity index (χ3n) is 16.8. The van der Waals surface area contributed by atoms with E-state index in [0.717, 1.165) is 78.5 Å². The molecule has 0 aromatic heterocycles. The molecule has 0 saturated carbocycles. The molecule has 4 aliphatic carbocycles. The number of benzene rings is 6. The van der Waals surface area contributed by atoms with Crippen molar-refractivity contribution in [2.24, 2.45) is 0 Å². The lowest BCUT2D eigenvalue weighted by molar-refractivity contribution is 0.295. The highest BCUT2D eigenvalue weighted by atomic mass is 15.1. The minimum absolute atomic E-state index is 1.03. The Balaban J connectivity index is -0.000000167. The van der Waals surface area contributed by atoms with Crippen molar-refractivity contribution in [2.45, 2.75) is 338 Å². The second-order valence-corrected chi connectivity index (χ2v) is 23.6. The number of nitrogens with zero attached hydrogens (tertiary/aromatic N) is 6. The van der Waals surface area contributed by atoms with Crippen LogP contribution in [0.5, 0.6) is 0 Å². The van der Waals surface area contributed by atoms with Gasteiger partial charge in [-0.15, -0.1) is 0 Å². The summed E-state index contributed by atoms with van der Waals surface area (Å²) in [5, 5.41) is 0. The van der Waals surface area contributed by atoms with Crippen LogP contribution in [-0.4, -0.2) is 111 Å². The van der Waals surface area contributed by atoms with Crippen molar-refractivity contribution in [3.8, 4) is 0 Å². The van der Waals surface area contributed by atoms with Gasteiger partial charge in [-0.1, -0.05) is 329 Å². The summed E-state index contributed by atoms with van der Waals surface area (Å²) >= 11 is 0. The van der Waals surface area contributed by atoms with E-state index in [9.17, 15) is 0 Å². The van der Waals surface area contributed by atoms with Gasteiger partial charge in [0.25, 0.3) is 0 Å². The van der Waals surface area contributed by atoms with Crippen molar-refractivity contribution in [2.75, 3.05) is 81.6 Å². The minimum Gasteiger partial charge on any atom is -0.305 e. The number of aryl methyl sites for hydroxylation is 6. The first-order chi connectivity index (χ1) is 50.7.